The predicted octanol–water partition coefficient (Wildman–Crippen LogP) is 13.8. The zero-order valence-corrected chi connectivity index (χ0v) is 66.7. The van der Waals surface area contributed by atoms with Gasteiger partial charge in [-0.2, -0.15) is 0 Å². The molecule has 3 N–H and O–H groups in total. The second-order valence-electron chi connectivity index (χ2n) is 29.9. The standard InChI is InChI=1S/C93H96ClN11O12/c1-3-78-79-53-76(34-35-83(79)101-85-80(78)62-105-84(85)54-82-81(88(105)108)63-116-91(111)93(82,112)4-2)117-89(109)69-24-22-64(23-25-69)57-104(90(110)92(36-10-5-11-37-92)70-30-32-71(94)33-31-70)44-47-114-49-48-113-46-43-100-87(107)68-28-26-67(27-29-68)86(106)99-42-16-17-45-115-77-51-65(55-102(58-72-18-6-12-38-95-72)59-73-19-7-13-39-96-73)50-66(52-77)56-103(60-74-20-8-14-40-97-74)61-75-21-9-15-41-98-75/h6-9,12-15,18-35,38-41,50-54,112H,3-5,10-11,16-17,36-37,42-49,55-63H2,1-2H3,(H,99,106)(H,100,107)/t93-/m0/s1. The summed E-state index contributed by atoms with van der Waals surface area (Å²) < 4.78 is 31.4. The number of ether oxygens (including phenoxy) is 5. The lowest BCUT2D eigenvalue weighted by molar-refractivity contribution is -0.172. The van der Waals surface area contributed by atoms with Crippen LogP contribution in [0.15, 0.2) is 218 Å². The Labute approximate surface area is 685 Å². The lowest BCUT2D eigenvalue weighted by Gasteiger charge is -2.40. The molecule has 2 aliphatic heterocycles. The number of amides is 3. The summed E-state index contributed by atoms with van der Waals surface area (Å²) in [5.74, 6) is -0.865. The van der Waals surface area contributed by atoms with E-state index >= 15 is 4.79 Å². The second-order valence-corrected chi connectivity index (χ2v) is 30.4. The summed E-state index contributed by atoms with van der Waals surface area (Å²) >= 11 is 6.39. The van der Waals surface area contributed by atoms with Crippen molar-refractivity contribution in [2.75, 3.05) is 52.7 Å². The number of hydrogen-bond donors (Lipinski definition) is 3. The number of aryl methyl sites for hydroxylation is 1. The van der Waals surface area contributed by atoms with Crippen molar-refractivity contribution in [1.29, 1.82) is 0 Å². The molecule has 5 aromatic carbocycles. The molecule has 0 saturated heterocycles. The summed E-state index contributed by atoms with van der Waals surface area (Å²) in [5.41, 5.74) is 9.78. The van der Waals surface area contributed by atoms with E-state index in [1.807, 2.05) is 146 Å². The van der Waals surface area contributed by atoms with Crippen molar-refractivity contribution < 1.29 is 52.8 Å². The van der Waals surface area contributed by atoms with E-state index in [4.69, 9.17) is 40.3 Å². The van der Waals surface area contributed by atoms with Crippen LogP contribution in [0.5, 0.6) is 11.5 Å². The van der Waals surface area contributed by atoms with Crippen LogP contribution < -0.4 is 25.7 Å². The van der Waals surface area contributed by atoms with Crippen LogP contribution in [0.4, 0.5) is 0 Å². The molecular weight excluding hydrogens is 1500 g/mol. The second kappa shape index (κ2) is 38.8. The Balaban J connectivity index is 0.537. The van der Waals surface area contributed by atoms with Gasteiger partial charge >= 0.3 is 11.9 Å². The minimum Gasteiger partial charge on any atom is -0.494 e. The number of pyridine rings is 6. The molecule has 1 atom stereocenters. The number of halogens is 1. The summed E-state index contributed by atoms with van der Waals surface area (Å²) in [5, 5.41) is 18.7. The highest BCUT2D eigenvalue weighted by Crippen LogP contribution is 2.44. The van der Waals surface area contributed by atoms with Gasteiger partial charge in [-0.25, -0.2) is 14.6 Å². The van der Waals surface area contributed by atoms with Crippen molar-refractivity contribution in [2.24, 2.45) is 0 Å². The van der Waals surface area contributed by atoms with Crippen LogP contribution in [0.2, 0.25) is 5.02 Å². The van der Waals surface area contributed by atoms with E-state index in [9.17, 15) is 29.1 Å². The number of rotatable bonds is 37. The van der Waals surface area contributed by atoms with Gasteiger partial charge in [-0.15, -0.1) is 0 Å². The van der Waals surface area contributed by atoms with Gasteiger partial charge in [0.15, 0.2) is 5.60 Å². The fraction of sp³-hybridized carbons (Fsp3) is 0.323. The summed E-state index contributed by atoms with van der Waals surface area (Å²) in [6.45, 7) is 9.97. The number of unbranched alkanes of at least 4 members (excludes halogenated alkanes) is 1. The number of aromatic nitrogens is 6. The third-order valence-corrected chi connectivity index (χ3v) is 22.2. The Morgan fingerprint density at radius 2 is 1.14 bits per heavy atom. The Kier molecular flexibility index (Phi) is 27.2. The van der Waals surface area contributed by atoms with Crippen molar-refractivity contribution >= 4 is 52.2 Å². The Morgan fingerprint density at radius 1 is 0.564 bits per heavy atom. The van der Waals surface area contributed by atoms with E-state index in [1.54, 1.807) is 72.2 Å². The highest BCUT2D eigenvalue weighted by Gasteiger charge is 2.46. The normalized spacial score (nSPS) is 14.6. The number of benzene rings is 5. The molecule has 0 spiro atoms. The maximum absolute atomic E-state index is 15.2. The van der Waals surface area contributed by atoms with E-state index in [2.05, 4.69) is 58.6 Å². The largest absolute Gasteiger partial charge is 0.494 e. The van der Waals surface area contributed by atoms with Gasteiger partial charge in [0.25, 0.3) is 17.4 Å². The minimum absolute atomic E-state index is 0.0132. The first-order valence-corrected chi connectivity index (χ1v) is 40.6. The van der Waals surface area contributed by atoms with Crippen LogP contribution in [0.25, 0.3) is 22.3 Å². The lowest BCUT2D eigenvalue weighted by atomic mass is 9.68. The number of cyclic esters (lactones) is 1. The van der Waals surface area contributed by atoms with Gasteiger partial charge in [0.05, 0.1) is 95.8 Å². The molecule has 3 amide bonds. The Hall–Kier alpha value is -11.7. The first-order chi connectivity index (χ1) is 57.1. The van der Waals surface area contributed by atoms with Gasteiger partial charge in [-0.3, -0.25) is 48.9 Å². The van der Waals surface area contributed by atoms with Gasteiger partial charge in [0.1, 0.15) is 18.1 Å². The molecule has 0 unspecified atom stereocenters. The molecule has 0 bridgehead atoms. The van der Waals surface area contributed by atoms with Crippen molar-refractivity contribution in [1.82, 2.24) is 54.8 Å². The summed E-state index contributed by atoms with van der Waals surface area (Å²) in [4.78, 5) is 113. The lowest BCUT2D eigenvalue weighted by Crippen LogP contribution is -2.48. The molecule has 3 aliphatic rings. The maximum atomic E-state index is 15.2. The molecule has 0 radical (unpaired) electrons. The molecular formula is C93H96ClN11O12. The van der Waals surface area contributed by atoms with E-state index in [1.165, 1.54) is 0 Å². The SMILES string of the molecule is CCc1c2c(nc3ccc(OC(=O)c4ccc(CN(CCOCCOCCNC(=O)c5ccc(C(=O)NCCCCOc6cc(CN(Cc7ccccn7)Cc7ccccn7)cc(CN(Cc7ccccn7)Cc7ccccn7)c6)cc5)C(=O)C5(c6ccc(Cl)cc6)CCCCC5)cc4)cc13)-c1cc3c(c(=O)n1C2)COC(=O)[C@]3(O)CC. The molecule has 1 aliphatic carbocycles. The van der Waals surface area contributed by atoms with E-state index < -0.39 is 23.0 Å². The monoisotopic (exact) mass is 1590 g/mol. The molecule has 117 heavy (non-hydrogen) atoms. The number of carbonyl (C=O) groups excluding carboxylic acids is 5. The fourth-order valence-electron chi connectivity index (χ4n) is 15.9. The topological polar surface area (TPSA) is 272 Å². The average Bonchev–Trinajstić information content (AvgIpc) is 1.60. The van der Waals surface area contributed by atoms with E-state index in [0.29, 0.717) is 129 Å². The number of nitrogens with zero attached hydrogens (tertiary/aromatic N) is 9. The van der Waals surface area contributed by atoms with Crippen molar-refractivity contribution in [3.05, 3.63) is 312 Å². The fourth-order valence-corrected chi connectivity index (χ4v) is 16.0. The zero-order valence-electron chi connectivity index (χ0n) is 65.9. The van der Waals surface area contributed by atoms with Gasteiger partial charge in [0, 0.05) is 123 Å². The number of hydrogen-bond acceptors (Lipinski definition) is 19. The van der Waals surface area contributed by atoms with Crippen LogP contribution in [0.3, 0.4) is 0 Å². The first-order valence-electron chi connectivity index (χ1n) is 40.2. The molecule has 24 heteroatoms. The van der Waals surface area contributed by atoms with E-state index in [0.717, 1.165) is 86.6 Å². The van der Waals surface area contributed by atoms with Crippen LogP contribution in [0.1, 0.15) is 164 Å². The van der Waals surface area contributed by atoms with Gasteiger partial charge in [-0.05, 0) is 200 Å². The number of esters is 2. The number of nitrogens with one attached hydrogen (secondary N) is 2. The number of aliphatic hydroxyl groups is 1. The molecule has 1 saturated carbocycles. The summed E-state index contributed by atoms with van der Waals surface area (Å²) in [6.07, 6.45) is 13.4. The van der Waals surface area contributed by atoms with Gasteiger partial charge in [-0.1, -0.05) is 99.3 Å². The minimum atomic E-state index is -1.95. The van der Waals surface area contributed by atoms with Crippen LogP contribution in [-0.4, -0.2) is 132 Å². The highest BCUT2D eigenvalue weighted by molar-refractivity contribution is 6.30. The van der Waals surface area contributed by atoms with Crippen LogP contribution in [0, 0.1) is 0 Å². The maximum Gasteiger partial charge on any atom is 0.343 e. The average molecular weight is 1600 g/mol. The molecule has 602 valence electrons. The van der Waals surface area contributed by atoms with Crippen molar-refractivity contribution in [2.45, 2.75) is 142 Å². The third-order valence-electron chi connectivity index (χ3n) is 21.9. The molecule has 1 fully saturated rings. The van der Waals surface area contributed by atoms with Crippen molar-refractivity contribution in [3.63, 3.8) is 0 Å². The Morgan fingerprint density at radius 3 is 1.70 bits per heavy atom. The molecule has 14 rings (SSSR count). The van der Waals surface area contributed by atoms with Crippen molar-refractivity contribution in [3.8, 4) is 22.9 Å². The predicted molar refractivity (Wildman–Crippen MR) is 444 cm³/mol. The van der Waals surface area contributed by atoms with E-state index in [-0.39, 0.29) is 100 Å². The van der Waals surface area contributed by atoms with Gasteiger partial charge < -0.3 is 48.9 Å². The smallest absolute Gasteiger partial charge is 0.343 e. The van der Waals surface area contributed by atoms with Crippen LogP contribution in [-0.2, 0) is 100 Å². The van der Waals surface area contributed by atoms with Crippen LogP contribution >= 0.6 is 11.6 Å². The zero-order chi connectivity index (χ0) is 81.1. The molecule has 23 nitrogen and oxygen atoms in total. The third kappa shape index (κ3) is 20.2. The quantitative estimate of drug-likeness (QED) is 0.0185. The highest BCUT2D eigenvalue weighted by atomic mass is 35.5. The Bertz CT molecular complexity index is 5150. The number of fused-ring (bicyclic) bond motifs is 5. The first kappa shape index (κ1) is 81.9. The summed E-state index contributed by atoms with van der Waals surface area (Å²) in [7, 11) is 0. The molecule has 11 aromatic rings. The summed E-state index contributed by atoms with van der Waals surface area (Å²) in [6, 6.07) is 58.4. The molecule has 6 aromatic heterocycles. The van der Waals surface area contributed by atoms with Gasteiger partial charge in [0.2, 0.25) is 5.91 Å². The number of carbonyl (C=O) groups is 5. The molecule has 8 heterocycles.